The smallest absolute Gasteiger partial charge is 0.258 e. The Hall–Kier alpha value is -1.98. The minimum absolute atomic E-state index is 0.0896. The monoisotopic (exact) mass is 257 g/mol. The van der Waals surface area contributed by atoms with Crippen LogP contribution in [-0.2, 0) is 4.79 Å². The summed E-state index contributed by atoms with van der Waals surface area (Å²) in [5, 5.41) is 2.51. The third-order valence-corrected chi connectivity index (χ3v) is 1.95. The first-order chi connectivity index (χ1) is 8.43. The second-order valence-electron chi connectivity index (χ2n) is 3.94. The fraction of sp³-hybridized carbons (Fsp3) is 0.333. The van der Waals surface area contributed by atoms with Gasteiger partial charge in [-0.05, 0) is 26.0 Å². The molecule has 0 aliphatic carbocycles. The Kier molecular flexibility index (Phi) is 4.76. The quantitative estimate of drug-likeness (QED) is 0.816. The molecular formula is C12H13F2NO3. The Morgan fingerprint density at radius 3 is 2.39 bits per heavy atom. The van der Waals surface area contributed by atoms with Gasteiger partial charge in [0.15, 0.2) is 24.0 Å². The minimum Gasteiger partial charge on any atom is -0.478 e. The van der Waals surface area contributed by atoms with E-state index in [-0.39, 0.29) is 11.6 Å². The zero-order valence-electron chi connectivity index (χ0n) is 10.00. The topological polar surface area (TPSA) is 55.4 Å². The molecule has 0 atom stereocenters. The van der Waals surface area contributed by atoms with Crippen LogP contribution in [0.4, 0.5) is 8.78 Å². The van der Waals surface area contributed by atoms with Crippen molar-refractivity contribution in [1.82, 2.24) is 5.32 Å². The van der Waals surface area contributed by atoms with Crippen molar-refractivity contribution in [2.75, 3.05) is 6.61 Å². The van der Waals surface area contributed by atoms with Crippen LogP contribution in [0.3, 0.4) is 0 Å². The number of carbonyl (C=O) groups is 2. The van der Waals surface area contributed by atoms with E-state index in [1.807, 2.05) is 0 Å². The third kappa shape index (κ3) is 3.80. The van der Waals surface area contributed by atoms with Crippen LogP contribution in [0.15, 0.2) is 12.1 Å². The van der Waals surface area contributed by atoms with Gasteiger partial charge >= 0.3 is 0 Å². The van der Waals surface area contributed by atoms with E-state index in [1.54, 1.807) is 13.8 Å². The predicted octanol–water partition coefficient (Wildman–Crippen LogP) is 1.68. The third-order valence-electron chi connectivity index (χ3n) is 1.95. The van der Waals surface area contributed by atoms with Crippen LogP contribution in [0.1, 0.15) is 24.2 Å². The molecule has 1 amide bonds. The van der Waals surface area contributed by atoms with Crippen molar-refractivity contribution in [1.29, 1.82) is 0 Å². The highest BCUT2D eigenvalue weighted by atomic mass is 19.1. The maximum Gasteiger partial charge on any atom is 0.258 e. The van der Waals surface area contributed by atoms with Crippen LogP contribution >= 0.6 is 0 Å². The Labute approximate surface area is 103 Å². The molecule has 0 aliphatic heterocycles. The summed E-state index contributed by atoms with van der Waals surface area (Å²) >= 11 is 0. The summed E-state index contributed by atoms with van der Waals surface area (Å²) < 4.78 is 31.5. The number of ether oxygens (including phenoxy) is 1. The molecule has 98 valence electrons. The lowest BCUT2D eigenvalue weighted by Crippen LogP contribution is -2.34. The van der Waals surface area contributed by atoms with E-state index in [9.17, 15) is 18.4 Å². The summed E-state index contributed by atoms with van der Waals surface area (Å²) in [6.07, 6.45) is 0.321. The van der Waals surface area contributed by atoms with E-state index in [0.717, 1.165) is 12.1 Å². The number of hydrogen-bond acceptors (Lipinski definition) is 3. The van der Waals surface area contributed by atoms with Crippen molar-refractivity contribution in [3.63, 3.8) is 0 Å². The van der Waals surface area contributed by atoms with Gasteiger partial charge in [-0.1, -0.05) is 0 Å². The van der Waals surface area contributed by atoms with Gasteiger partial charge in [-0.15, -0.1) is 0 Å². The van der Waals surface area contributed by atoms with Gasteiger partial charge in [-0.3, -0.25) is 9.59 Å². The maximum absolute atomic E-state index is 13.4. The van der Waals surface area contributed by atoms with Crippen molar-refractivity contribution in [3.8, 4) is 5.75 Å². The van der Waals surface area contributed by atoms with Crippen LogP contribution in [0, 0.1) is 11.6 Å². The molecule has 0 saturated carbocycles. The average molecular weight is 257 g/mol. The predicted molar refractivity (Wildman–Crippen MR) is 60.5 cm³/mol. The molecule has 0 unspecified atom stereocenters. The van der Waals surface area contributed by atoms with Crippen molar-refractivity contribution >= 4 is 12.2 Å². The summed E-state index contributed by atoms with van der Waals surface area (Å²) in [5.41, 5.74) is -0.135. The Bertz CT molecular complexity index is 438. The van der Waals surface area contributed by atoms with Crippen LogP contribution in [0.5, 0.6) is 5.75 Å². The molecule has 6 heteroatoms. The fourth-order valence-electron chi connectivity index (χ4n) is 1.29. The normalized spacial score (nSPS) is 10.3. The molecular weight excluding hydrogens is 244 g/mol. The summed E-state index contributed by atoms with van der Waals surface area (Å²) in [5.74, 6) is -3.19. The number of amides is 1. The first kappa shape index (κ1) is 14.1. The zero-order chi connectivity index (χ0) is 13.7. The van der Waals surface area contributed by atoms with Crippen molar-refractivity contribution < 1.29 is 23.1 Å². The molecule has 18 heavy (non-hydrogen) atoms. The number of hydrogen-bond donors (Lipinski definition) is 1. The molecule has 1 rings (SSSR count). The van der Waals surface area contributed by atoms with Crippen LogP contribution in [0.2, 0.25) is 0 Å². The Balaban J connectivity index is 2.73. The number of aldehydes is 1. The minimum atomic E-state index is -1.02. The van der Waals surface area contributed by atoms with E-state index in [4.69, 9.17) is 4.74 Å². The summed E-state index contributed by atoms with van der Waals surface area (Å²) in [4.78, 5) is 21.6. The molecule has 1 N–H and O–H groups in total. The van der Waals surface area contributed by atoms with E-state index in [1.165, 1.54) is 0 Å². The lowest BCUT2D eigenvalue weighted by atomic mass is 10.2. The van der Waals surface area contributed by atoms with Crippen LogP contribution in [0.25, 0.3) is 0 Å². The van der Waals surface area contributed by atoms with E-state index >= 15 is 0 Å². The molecule has 0 spiro atoms. The number of halogens is 2. The SMILES string of the molecule is CC(C)NC(=O)COc1c(F)cc(C=O)cc1F. The van der Waals surface area contributed by atoms with Gasteiger partial charge in [0.25, 0.3) is 5.91 Å². The largest absolute Gasteiger partial charge is 0.478 e. The number of benzene rings is 1. The number of carbonyl (C=O) groups excluding carboxylic acids is 2. The van der Waals surface area contributed by atoms with Gasteiger partial charge in [0.1, 0.15) is 6.29 Å². The standard InChI is InChI=1S/C12H13F2NO3/c1-7(2)15-11(17)6-18-12-9(13)3-8(5-16)4-10(12)14/h3-5,7H,6H2,1-2H3,(H,15,17). The molecule has 1 aromatic carbocycles. The van der Waals surface area contributed by atoms with Crippen molar-refractivity contribution in [3.05, 3.63) is 29.3 Å². The molecule has 0 saturated heterocycles. The Morgan fingerprint density at radius 2 is 1.94 bits per heavy atom. The lowest BCUT2D eigenvalue weighted by Gasteiger charge is -2.11. The lowest BCUT2D eigenvalue weighted by molar-refractivity contribution is -0.123. The molecule has 4 nitrogen and oxygen atoms in total. The molecule has 0 heterocycles. The summed E-state index contributed by atoms with van der Waals surface area (Å²) in [7, 11) is 0. The second kappa shape index (κ2) is 6.09. The Morgan fingerprint density at radius 1 is 1.39 bits per heavy atom. The summed E-state index contributed by atoms with van der Waals surface area (Å²) in [6, 6.07) is 1.59. The van der Waals surface area contributed by atoms with Gasteiger partial charge in [0, 0.05) is 11.6 Å². The molecule has 1 aromatic rings. The van der Waals surface area contributed by atoms with E-state index < -0.39 is 29.9 Å². The molecule has 0 radical (unpaired) electrons. The highest BCUT2D eigenvalue weighted by molar-refractivity contribution is 5.78. The second-order valence-corrected chi connectivity index (χ2v) is 3.94. The summed E-state index contributed by atoms with van der Waals surface area (Å²) in [6.45, 7) is 3.00. The molecule has 0 aliphatic rings. The molecule has 0 bridgehead atoms. The maximum atomic E-state index is 13.4. The first-order valence-corrected chi connectivity index (χ1v) is 5.30. The van der Waals surface area contributed by atoms with E-state index in [2.05, 4.69) is 5.32 Å². The molecule has 0 aromatic heterocycles. The van der Waals surface area contributed by atoms with Gasteiger partial charge in [0.05, 0.1) is 0 Å². The molecule has 0 fully saturated rings. The van der Waals surface area contributed by atoms with Crippen LogP contribution < -0.4 is 10.1 Å². The fourth-order valence-corrected chi connectivity index (χ4v) is 1.29. The zero-order valence-corrected chi connectivity index (χ0v) is 10.00. The van der Waals surface area contributed by atoms with Crippen molar-refractivity contribution in [2.45, 2.75) is 19.9 Å². The van der Waals surface area contributed by atoms with Gasteiger partial charge in [-0.25, -0.2) is 8.78 Å². The highest BCUT2D eigenvalue weighted by Crippen LogP contribution is 2.22. The first-order valence-electron chi connectivity index (χ1n) is 5.30. The van der Waals surface area contributed by atoms with E-state index in [0.29, 0.717) is 6.29 Å². The average Bonchev–Trinajstić information content (AvgIpc) is 2.26. The van der Waals surface area contributed by atoms with Crippen molar-refractivity contribution in [2.24, 2.45) is 0 Å². The van der Waals surface area contributed by atoms with Gasteiger partial charge in [0.2, 0.25) is 0 Å². The van der Waals surface area contributed by atoms with Gasteiger partial charge < -0.3 is 10.1 Å². The highest BCUT2D eigenvalue weighted by Gasteiger charge is 2.14. The van der Waals surface area contributed by atoms with Gasteiger partial charge in [-0.2, -0.15) is 0 Å². The van der Waals surface area contributed by atoms with Crippen LogP contribution in [-0.4, -0.2) is 24.8 Å². The number of nitrogens with one attached hydrogen (secondary N) is 1. The number of rotatable bonds is 5.